The molecule has 0 unspecified atom stereocenters. The van der Waals surface area contributed by atoms with Crippen LogP contribution in [0.25, 0.3) is 0 Å². The van der Waals surface area contributed by atoms with Crippen LogP contribution in [0, 0.1) is 5.92 Å². The summed E-state index contributed by atoms with van der Waals surface area (Å²) in [5, 5.41) is 10.2. The third-order valence-corrected chi connectivity index (χ3v) is 7.43. The van der Waals surface area contributed by atoms with Gasteiger partial charge in [-0.1, -0.05) is 48.5 Å². The Bertz CT molecular complexity index is 932. The average molecular weight is 435 g/mol. The fraction of sp³-hybridized carbons (Fsp3) is 0.444. The Kier molecular flexibility index (Phi) is 6.85. The van der Waals surface area contributed by atoms with Gasteiger partial charge in [-0.05, 0) is 61.4 Å². The van der Waals surface area contributed by atoms with Crippen LogP contribution in [0.5, 0.6) is 5.75 Å². The van der Waals surface area contributed by atoms with Crippen LogP contribution in [0.4, 0.5) is 4.79 Å². The highest BCUT2D eigenvalue weighted by Crippen LogP contribution is 2.50. The van der Waals surface area contributed by atoms with Gasteiger partial charge in [-0.25, -0.2) is 4.79 Å². The van der Waals surface area contributed by atoms with E-state index in [2.05, 4.69) is 17.5 Å². The van der Waals surface area contributed by atoms with Gasteiger partial charge in [0, 0.05) is 31.6 Å². The van der Waals surface area contributed by atoms with Crippen molar-refractivity contribution in [1.29, 1.82) is 0 Å². The van der Waals surface area contributed by atoms with Crippen molar-refractivity contribution in [2.45, 2.75) is 43.7 Å². The number of hydrogen-bond acceptors (Lipinski definition) is 4. The van der Waals surface area contributed by atoms with Crippen molar-refractivity contribution in [2.75, 3.05) is 26.7 Å². The van der Waals surface area contributed by atoms with Gasteiger partial charge in [0.2, 0.25) is 0 Å². The van der Waals surface area contributed by atoms with Gasteiger partial charge in [-0.3, -0.25) is 4.90 Å². The first-order valence-corrected chi connectivity index (χ1v) is 11.6. The van der Waals surface area contributed by atoms with E-state index in [0.29, 0.717) is 11.7 Å². The first kappa shape index (κ1) is 22.4. The zero-order valence-corrected chi connectivity index (χ0v) is 19.0. The minimum atomic E-state index is -0.271. The van der Waals surface area contributed by atoms with Gasteiger partial charge in [0.1, 0.15) is 12.4 Å². The largest absolute Gasteiger partial charge is 0.508 e. The highest BCUT2D eigenvalue weighted by molar-refractivity contribution is 5.67. The number of amides is 1. The number of phenols is 1. The summed E-state index contributed by atoms with van der Waals surface area (Å²) in [7, 11) is 1.86. The number of likely N-dealkylation sites (tertiary alicyclic amines) is 1. The zero-order chi connectivity index (χ0) is 22.6. The Hall–Kier alpha value is -2.79. The molecule has 4 rings (SSSR count). The molecule has 1 amide bonds. The molecule has 1 N–H and O–H groups in total. The molecule has 2 aromatic rings. The van der Waals surface area contributed by atoms with Crippen LogP contribution in [-0.2, 0) is 16.8 Å². The van der Waals surface area contributed by atoms with Crippen molar-refractivity contribution >= 4 is 6.09 Å². The molecule has 1 saturated carbocycles. The summed E-state index contributed by atoms with van der Waals surface area (Å²) in [5.74, 6) is 0.796. The molecule has 1 heterocycles. The Balaban J connectivity index is 1.51. The summed E-state index contributed by atoms with van der Waals surface area (Å²) in [4.78, 5) is 17.1. The van der Waals surface area contributed by atoms with E-state index in [9.17, 15) is 9.90 Å². The van der Waals surface area contributed by atoms with Crippen molar-refractivity contribution in [3.63, 3.8) is 0 Å². The molecule has 1 aliphatic heterocycles. The predicted octanol–water partition coefficient (Wildman–Crippen LogP) is 4.96. The lowest BCUT2D eigenvalue weighted by atomic mass is 9.58. The number of fused-ring (bicyclic) bond motifs is 1. The number of rotatable bonds is 6. The van der Waals surface area contributed by atoms with Gasteiger partial charge in [0.15, 0.2) is 0 Å². The van der Waals surface area contributed by atoms with E-state index in [0.717, 1.165) is 50.9 Å². The van der Waals surface area contributed by atoms with E-state index in [1.54, 1.807) is 11.0 Å². The number of ether oxygens (including phenoxy) is 1. The summed E-state index contributed by atoms with van der Waals surface area (Å²) in [6.07, 6.45) is 5.61. The van der Waals surface area contributed by atoms with Gasteiger partial charge in [-0.2, -0.15) is 0 Å². The van der Waals surface area contributed by atoms with Crippen molar-refractivity contribution in [1.82, 2.24) is 9.80 Å². The highest BCUT2D eigenvalue weighted by Gasteiger charge is 2.49. The fourth-order valence-electron chi connectivity index (χ4n) is 5.65. The summed E-state index contributed by atoms with van der Waals surface area (Å²) >= 11 is 0. The van der Waals surface area contributed by atoms with Gasteiger partial charge >= 0.3 is 6.09 Å². The molecule has 0 spiro atoms. The Morgan fingerprint density at radius 1 is 1.25 bits per heavy atom. The van der Waals surface area contributed by atoms with E-state index >= 15 is 0 Å². The molecule has 5 heteroatoms. The molecule has 1 aliphatic carbocycles. The molecule has 2 aromatic carbocycles. The molecule has 3 atom stereocenters. The molecular formula is C27H34N2O3. The van der Waals surface area contributed by atoms with Crippen molar-refractivity contribution in [2.24, 2.45) is 5.92 Å². The highest BCUT2D eigenvalue weighted by atomic mass is 16.6. The van der Waals surface area contributed by atoms with Crippen LogP contribution in [0.1, 0.15) is 36.8 Å². The van der Waals surface area contributed by atoms with E-state index in [1.807, 2.05) is 55.6 Å². The normalized spacial score (nSPS) is 25.5. The van der Waals surface area contributed by atoms with Crippen LogP contribution in [0.15, 0.2) is 67.3 Å². The SMILES string of the molecule is C=CCN1CC[C@@]2(c3cccc(O)c3)C[C@@H](N(C)C(=O)OCc3ccccc3)CC[C@@H]2C1. The number of carbonyl (C=O) groups excluding carboxylic acids is 1. The summed E-state index contributed by atoms with van der Waals surface area (Å²) in [6.45, 7) is 7.11. The van der Waals surface area contributed by atoms with Gasteiger partial charge < -0.3 is 14.7 Å². The van der Waals surface area contributed by atoms with Crippen molar-refractivity contribution < 1.29 is 14.6 Å². The first-order valence-electron chi connectivity index (χ1n) is 11.6. The minimum absolute atomic E-state index is 0.0483. The maximum absolute atomic E-state index is 12.9. The van der Waals surface area contributed by atoms with E-state index in [1.165, 1.54) is 5.56 Å². The molecule has 0 aromatic heterocycles. The van der Waals surface area contributed by atoms with Crippen molar-refractivity contribution in [3.05, 3.63) is 78.4 Å². The Morgan fingerprint density at radius 2 is 2.06 bits per heavy atom. The molecule has 2 fully saturated rings. The van der Waals surface area contributed by atoms with E-state index < -0.39 is 0 Å². The molecule has 2 aliphatic rings. The second-order valence-electron chi connectivity index (χ2n) is 9.29. The van der Waals surface area contributed by atoms with Crippen molar-refractivity contribution in [3.8, 4) is 5.75 Å². The molecular weight excluding hydrogens is 400 g/mol. The molecule has 32 heavy (non-hydrogen) atoms. The maximum atomic E-state index is 12.9. The Morgan fingerprint density at radius 3 is 2.81 bits per heavy atom. The number of nitrogens with zero attached hydrogens (tertiary/aromatic N) is 2. The van der Waals surface area contributed by atoms with Crippen LogP contribution >= 0.6 is 0 Å². The van der Waals surface area contributed by atoms with Crippen LogP contribution in [-0.4, -0.2) is 53.7 Å². The first-order chi connectivity index (χ1) is 15.5. The standard InChI is InChI=1S/C27H34N2O3/c1-3-15-29-16-14-27(22-10-7-11-25(30)17-22)18-24(13-12-23(27)19-29)28(2)26(31)32-20-21-8-5-4-6-9-21/h3-11,17,23-24,30H,1,12-16,18-20H2,2H3/t23-,24+,27+/m1/s1. The summed E-state index contributed by atoms with van der Waals surface area (Å²) < 4.78 is 5.61. The summed E-state index contributed by atoms with van der Waals surface area (Å²) in [6, 6.07) is 17.6. The Labute approximate surface area is 191 Å². The number of aromatic hydroxyl groups is 1. The topological polar surface area (TPSA) is 53.0 Å². The lowest BCUT2D eigenvalue weighted by Gasteiger charge is -2.54. The summed E-state index contributed by atoms with van der Waals surface area (Å²) in [5.41, 5.74) is 2.13. The number of carbonyl (C=O) groups is 1. The lowest BCUT2D eigenvalue weighted by Crippen LogP contribution is -2.56. The van der Waals surface area contributed by atoms with Gasteiger partial charge in [-0.15, -0.1) is 6.58 Å². The number of hydrogen-bond donors (Lipinski definition) is 1. The predicted molar refractivity (Wildman–Crippen MR) is 127 cm³/mol. The van der Waals surface area contributed by atoms with E-state index in [4.69, 9.17) is 4.74 Å². The fourth-order valence-corrected chi connectivity index (χ4v) is 5.65. The number of phenolic OH excluding ortho intramolecular Hbond substituents is 1. The second kappa shape index (κ2) is 9.78. The number of benzene rings is 2. The third kappa shape index (κ3) is 4.68. The molecule has 5 nitrogen and oxygen atoms in total. The number of piperidine rings is 1. The molecule has 0 bridgehead atoms. The molecule has 170 valence electrons. The smallest absolute Gasteiger partial charge is 0.410 e. The maximum Gasteiger partial charge on any atom is 0.410 e. The molecule has 0 radical (unpaired) electrons. The third-order valence-electron chi connectivity index (χ3n) is 7.43. The minimum Gasteiger partial charge on any atom is -0.508 e. The van der Waals surface area contributed by atoms with Gasteiger partial charge in [0.25, 0.3) is 0 Å². The zero-order valence-electron chi connectivity index (χ0n) is 19.0. The average Bonchev–Trinajstić information content (AvgIpc) is 2.82. The van der Waals surface area contributed by atoms with Crippen LogP contribution in [0.2, 0.25) is 0 Å². The second-order valence-corrected chi connectivity index (χ2v) is 9.29. The van der Waals surface area contributed by atoms with Crippen LogP contribution < -0.4 is 0 Å². The monoisotopic (exact) mass is 434 g/mol. The van der Waals surface area contributed by atoms with E-state index in [-0.39, 0.29) is 24.2 Å². The van der Waals surface area contributed by atoms with Gasteiger partial charge in [0.05, 0.1) is 0 Å². The van der Waals surface area contributed by atoms with Crippen LogP contribution in [0.3, 0.4) is 0 Å². The lowest BCUT2D eigenvalue weighted by molar-refractivity contribution is 0.0183. The molecule has 1 saturated heterocycles. The quantitative estimate of drug-likeness (QED) is 0.653.